The van der Waals surface area contributed by atoms with Gasteiger partial charge in [0.2, 0.25) is 15.9 Å². The van der Waals surface area contributed by atoms with Gasteiger partial charge in [-0.25, -0.2) is 13.2 Å². The Kier molecular flexibility index (Phi) is 5.77. The third-order valence-corrected chi connectivity index (χ3v) is 6.53. The molecule has 2 heterocycles. The van der Waals surface area contributed by atoms with Crippen molar-refractivity contribution < 1.29 is 18.0 Å². The lowest BCUT2D eigenvalue weighted by molar-refractivity contribution is -0.125. The zero-order valence-electron chi connectivity index (χ0n) is 14.6. The summed E-state index contributed by atoms with van der Waals surface area (Å²) in [4.78, 5) is 24.9. The molecule has 2 N–H and O–H groups in total. The van der Waals surface area contributed by atoms with Gasteiger partial charge in [-0.2, -0.15) is 4.31 Å². The third kappa shape index (κ3) is 4.16. The van der Waals surface area contributed by atoms with E-state index in [9.17, 15) is 18.0 Å². The summed E-state index contributed by atoms with van der Waals surface area (Å²) in [6.07, 6.45) is 3.87. The minimum absolute atomic E-state index is 0.0688. The fourth-order valence-corrected chi connectivity index (χ4v) is 4.74. The van der Waals surface area contributed by atoms with E-state index >= 15 is 0 Å². The van der Waals surface area contributed by atoms with E-state index in [0.29, 0.717) is 31.9 Å². The molecule has 0 radical (unpaired) electrons. The molecule has 142 valence electrons. The van der Waals surface area contributed by atoms with Crippen molar-refractivity contribution in [1.29, 1.82) is 0 Å². The molecule has 26 heavy (non-hydrogen) atoms. The zero-order valence-corrected chi connectivity index (χ0v) is 15.4. The van der Waals surface area contributed by atoms with Crippen molar-refractivity contribution in [2.75, 3.05) is 38.0 Å². The molecule has 3 amide bonds. The van der Waals surface area contributed by atoms with E-state index in [0.717, 1.165) is 30.6 Å². The highest BCUT2D eigenvalue weighted by Gasteiger charge is 2.27. The van der Waals surface area contributed by atoms with E-state index in [1.165, 1.54) is 6.07 Å². The van der Waals surface area contributed by atoms with Crippen LogP contribution in [-0.2, 0) is 14.8 Å². The Morgan fingerprint density at radius 2 is 1.85 bits per heavy atom. The summed E-state index contributed by atoms with van der Waals surface area (Å²) in [7, 11) is -3.54. The van der Waals surface area contributed by atoms with E-state index < -0.39 is 16.1 Å². The van der Waals surface area contributed by atoms with Crippen molar-refractivity contribution in [2.24, 2.45) is 0 Å². The Hall–Kier alpha value is -2.13. The minimum Gasteiger partial charge on any atom is -0.376 e. The highest BCUT2D eigenvalue weighted by molar-refractivity contribution is 7.89. The van der Waals surface area contributed by atoms with Crippen molar-refractivity contribution in [3.63, 3.8) is 0 Å². The molecule has 0 aliphatic carbocycles. The van der Waals surface area contributed by atoms with Crippen molar-refractivity contribution in [3.05, 3.63) is 24.3 Å². The van der Waals surface area contributed by atoms with E-state index in [2.05, 4.69) is 10.6 Å². The maximum atomic E-state index is 12.9. The van der Waals surface area contributed by atoms with E-state index in [4.69, 9.17) is 0 Å². The SMILES string of the molecule is O=C(CNc1cccc(S(=O)(=O)N2CCCCCC2)c1)N1CCNC1=O. The average Bonchev–Trinajstić information content (AvgIpc) is 2.89. The van der Waals surface area contributed by atoms with Gasteiger partial charge in [0, 0.05) is 31.9 Å². The first-order valence-corrected chi connectivity index (χ1v) is 10.3. The second-order valence-electron chi connectivity index (χ2n) is 6.48. The maximum Gasteiger partial charge on any atom is 0.324 e. The molecule has 0 bridgehead atoms. The number of amides is 3. The predicted octanol–water partition coefficient (Wildman–Crippen LogP) is 1.21. The molecule has 0 saturated carbocycles. The zero-order chi connectivity index (χ0) is 18.6. The molecule has 2 aliphatic rings. The van der Waals surface area contributed by atoms with Gasteiger partial charge in [-0.3, -0.25) is 9.69 Å². The number of urea groups is 1. The van der Waals surface area contributed by atoms with Gasteiger partial charge >= 0.3 is 6.03 Å². The van der Waals surface area contributed by atoms with E-state index in [1.54, 1.807) is 22.5 Å². The number of benzene rings is 1. The van der Waals surface area contributed by atoms with E-state index in [1.807, 2.05) is 0 Å². The Balaban J connectivity index is 1.67. The number of nitrogens with one attached hydrogen (secondary N) is 2. The Labute approximate surface area is 153 Å². The minimum atomic E-state index is -3.54. The fourth-order valence-electron chi connectivity index (χ4n) is 3.18. The molecular weight excluding hydrogens is 356 g/mol. The van der Waals surface area contributed by atoms with Crippen molar-refractivity contribution in [1.82, 2.24) is 14.5 Å². The van der Waals surface area contributed by atoms with Gasteiger partial charge in [-0.15, -0.1) is 0 Å². The standard InChI is InChI=1S/C17H24N4O4S/c22-16(21-11-8-18-17(21)23)13-19-14-6-5-7-15(12-14)26(24,25)20-9-3-1-2-4-10-20/h5-7,12,19H,1-4,8-11,13H2,(H,18,23). The van der Waals surface area contributed by atoms with Gasteiger partial charge in [0.25, 0.3) is 0 Å². The van der Waals surface area contributed by atoms with Crippen LogP contribution < -0.4 is 10.6 Å². The number of imide groups is 1. The van der Waals surface area contributed by atoms with Gasteiger partial charge in [0.05, 0.1) is 11.4 Å². The van der Waals surface area contributed by atoms with E-state index in [-0.39, 0.29) is 17.3 Å². The monoisotopic (exact) mass is 380 g/mol. The van der Waals surface area contributed by atoms with Crippen molar-refractivity contribution in [2.45, 2.75) is 30.6 Å². The molecule has 3 rings (SSSR count). The van der Waals surface area contributed by atoms with Gasteiger partial charge < -0.3 is 10.6 Å². The first-order valence-electron chi connectivity index (χ1n) is 8.91. The second kappa shape index (κ2) is 8.05. The lowest BCUT2D eigenvalue weighted by Gasteiger charge is -2.20. The average molecular weight is 380 g/mol. The topological polar surface area (TPSA) is 98.8 Å². The van der Waals surface area contributed by atoms with Gasteiger partial charge in [-0.1, -0.05) is 18.9 Å². The predicted molar refractivity (Wildman–Crippen MR) is 97.3 cm³/mol. The molecule has 2 aliphatic heterocycles. The summed E-state index contributed by atoms with van der Waals surface area (Å²) in [5.41, 5.74) is 0.536. The highest BCUT2D eigenvalue weighted by Crippen LogP contribution is 2.22. The summed E-state index contributed by atoms with van der Waals surface area (Å²) in [5.74, 6) is -0.347. The van der Waals surface area contributed by atoms with Crippen molar-refractivity contribution in [3.8, 4) is 0 Å². The first-order chi connectivity index (χ1) is 12.5. The highest BCUT2D eigenvalue weighted by atomic mass is 32.2. The van der Waals surface area contributed by atoms with Crippen LogP contribution in [0.15, 0.2) is 29.2 Å². The fraction of sp³-hybridized carbons (Fsp3) is 0.529. The number of rotatable bonds is 5. The number of anilines is 1. The van der Waals surface area contributed by atoms with Crippen LogP contribution in [0.4, 0.5) is 10.5 Å². The smallest absolute Gasteiger partial charge is 0.324 e. The molecular formula is C17H24N4O4S. The summed E-state index contributed by atoms with van der Waals surface area (Å²) in [6, 6.07) is 6.08. The lowest BCUT2D eigenvalue weighted by atomic mass is 10.2. The van der Waals surface area contributed by atoms with Gasteiger partial charge in [0.1, 0.15) is 0 Å². The molecule has 0 aromatic heterocycles. The first kappa shape index (κ1) is 18.7. The largest absolute Gasteiger partial charge is 0.376 e. The van der Waals surface area contributed by atoms with Crippen LogP contribution in [-0.4, -0.2) is 62.3 Å². The molecule has 1 aromatic carbocycles. The number of hydrogen-bond donors (Lipinski definition) is 2. The number of nitrogens with zero attached hydrogens (tertiary/aromatic N) is 2. The van der Waals surface area contributed by atoms with Gasteiger partial charge in [0.15, 0.2) is 0 Å². The molecule has 9 heteroatoms. The number of carbonyl (C=O) groups excluding carboxylic acids is 2. The molecule has 0 atom stereocenters. The van der Waals surface area contributed by atoms with Crippen LogP contribution in [0.2, 0.25) is 0 Å². The number of sulfonamides is 1. The van der Waals surface area contributed by atoms with Crippen molar-refractivity contribution >= 4 is 27.6 Å². The normalized spacial score (nSPS) is 19.1. The maximum absolute atomic E-state index is 12.9. The van der Waals surface area contributed by atoms with Gasteiger partial charge in [-0.05, 0) is 31.0 Å². The van der Waals surface area contributed by atoms with Crippen LogP contribution >= 0.6 is 0 Å². The molecule has 8 nitrogen and oxygen atoms in total. The molecule has 0 spiro atoms. The molecule has 0 unspecified atom stereocenters. The third-order valence-electron chi connectivity index (χ3n) is 4.64. The number of carbonyl (C=O) groups is 2. The van der Waals surface area contributed by atoms with Crippen LogP contribution in [0.1, 0.15) is 25.7 Å². The molecule has 2 saturated heterocycles. The lowest BCUT2D eigenvalue weighted by Crippen LogP contribution is -2.38. The van der Waals surface area contributed by atoms with Crippen LogP contribution in [0.25, 0.3) is 0 Å². The Morgan fingerprint density at radius 1 is 1.12 bits per heavy atom. The molecule has 2 fully saturated rings. The summed E-state index contributed by atoms with van der Waals surface area (Å²) >= 11 is 0. The summed E-state index contributed by atoms with van der Waals surface area (Å²) in [5, 5.41) is 5.49. The molecule has 1 aromatic rings. The number of hydrogen-bond acceptors (Lipinski definition) is 5. The van der Waals surface area contributed by atoms with Crippen LogP contribution in [0.3, 0.4) is 0 Å². The summed E-state index contributed by atoms with van der Waals surface area (Å²) < 4.78 is 27.2. The van der Waals surface area contributed by atoms with Crippen LogP contribution in [0.5, 0.6) is 0 Å². The Morgan fingerprint density at radius 3 is 2.50 bits per heavy atom. The quantitative estimate of drug-likeness (QED) is 0.800. The summed E-state index contributed by atoms with van der Waals surface area (Å²) in [6.45, 7) is 1.82. The Bertz CT molecular complexity index is 773. The van der Waals surface area contributed by atoms with Crippen LogP contribution in [0, 0.1) is 0 Å². The second-order valence-corrected chi connectivity index (χ2v) is 8.41.